The zero-order chi connectivity index (χ0) is 27.1. The first-order valence-corrected chi connectivity index (χ1v) is 12.5. The molecule has 0 aromatic heterocycles. The molecule has 182 valence electrons. The molecule has 0 heterocycles. The van der Waals surface area contributed by atoms with E-state index >= 15 is 0 Å². The number of rotatable bonds is 18. The summed E-state index contributed by atoms with van der Waals surface area (Å²) in [5, 5.41) is 0. The lowest BCUT2D eigenvalue weighted by Gasteiger charge is -2.10. The van der Waals surface area contributed by atoms with E-state index in [4.69, 9.17) is 15.0 Å². The average Bonchev–Trinajstić information content (AvgIpc) is 2.82. The van der Waals surface area contributed by atoms with E-state index in [0.29, 0.717) is 24.7 Å². The maximum absolute atomic E-state index is 12.8. The van der Waals surface area contributed by atoms with E-state index in [1.165, 1.54) is 25.7 Å². The van der Waals surface area contributed by atoms with Crippen molar-refractivity contribution in [2.75, 3.05) is 13.2 Å². The molecule has 1 aromatic carbocycles. The largest absolute Gasteiger partial charge is 0.462 e. The molecule has 0 saturated heterocycles. The van der Waals surface area contributed by atoms with Crippen LogP contribution in [0.3, 0.4) is 0 Å². The fourth-order valence-corrected chi connectivity index (χ4v) is 3.46. The maximum atomic E-state index is 12.8. The quantitative estimate of drug-likeness (QED) is 0.168. The molecule has 0 fully saturated rings. The lowest BCUT2D eigenvalue weighted by atomic mass is 10.0. The van der Waals surface area contributed by atoms with Crippen LogP contribution in [0.2, 0.25) is 0 Å². The molecule has 0 spiro atoms. The van der Waals surface area contributed by atoms with E-state index in [-0.39, 0.29) is 13.2 Å². The minimum Gasteiger partial charge on any atom is -0.462 e. The highest BCUT2D eigenvalue weighted by atomic mass is 16.5. The zero-order valence-corrected chi connectivity index (χ0v) is 20.7. The van der Waals surface area contributed by atoms with Gasteiger partial charge in [-0.15, -0.1) is 0 Å². The van der Waals surface area contributed by atoms with Gasteiger partial charge >= 0.3 is 11.9 Å². The topological polar surface area (TPSA) is 52.6 Å². The second-order valence-electron chi connectivity index (χ2n) is 9.42. The molecule has 0 aliphatic carbocycles. The Bertz CT molecular complexity index is 758. The predicted molar refractivity (Wildman–Crippen MR) is 132 cm³/mol. The molecule has 0 N–H and O–H groups in total. The van der Waals surface area contributed by atoms with E-state index < -0.39 is 47.2 Å². The fraction of sp³-hybridized carbons (Fsp3) is 0.714. The van der Waals surface area contributed by atoms with Gasteiger partial charge in [0.1, 0.15) is 0 Å². The van der Waals surface area contributed by atoms with Crippen molar-refractivity contribution in [3.05, 3.63) is 35.3 Å². The normalized spacial score (nSPS) is 12.9. The Morgan fingerprint density at radius 3 is 1.38 bits per heavy atom. The van der Waals surface area contributed by atoms with Crippen molar-refractivity contribution in [1.29, 1.82) is 0 Å². The van der Waals surface area contributed by atoms with Crippen LogP contribution in [0, 0.1) is 11.8 Å². The summed E-state index contributed by atoms with van der Waals surface area (Å²) in [5.74, 6) is -0.438. The minimum atomic E-state index is -0.918. The molecule has 1 rings (SSSR count). The lowest BCUT2D eigenvalue weighted by Crippen LogP contribution is -2.15. The van der Waals surface area contributed by atoms with Gasteiger partial charge in [-0.2, -0.15) is 0 Å². The zero-order valence-electron chi connectivity index (χ0n) is 24.7. The second-order valence-corrected chi connectivity index (χ2v) is 9.42. The molecule has 0 amide bonds. The van der Waals surface area contributed by atoms with Gasteiger partial charge in [0.2, 0.25) is 0 Å². The van der Waals surface area contributed by atoms with Gasteiger partial charge in [0, 0.05) is 0 Å². The van der Waals surface area contributed by atoms with Gasteiger partial charge in [-0.1, -0.05) is 104 Å². The predicted octanol–water partition coefficient (Wildman–Crippen LogP) is 7.99. The van der Waals surface area contributed by atoms with Gasteiger partial charge in [0.25, 0.3) is 0 Å². The van der Waals surface area contributed by atoms with E-state index in [1.54, 1.807) is 0 Å². The molecule has 0 aliphatic rings. The van der Waals surface area contributed by atoms with Gasteiger partial charge in [0.05, 0.1) is 29.8 Å². The van der Waals surface area contributed by atoms with Crippen LogP contribution in [0.4, 0.5) is 0 Å². The number of hydrogen-bond acceptors (Lipinski definition) is 4. The van der Waals surface area contributed by atoms with Crippen LogP contribution in [0.25, 0.3) is 0 Å². The third-order valence-corrected chi connectivity index (χ3v) is 5.41. The van der Waals surface area contributed by atoms with Crippen LogP contribution in [0.5, 0.6) is 0 Å². The van der Waals surface area contributed by atoms with Crippen LogP contribution in [0.15, 0.2) is 24.2 Å². The Morgan fingerprint density at radius 2 is 1.00 bits per heavy atom. The number of unbranched alkanes of at least 4 members (excludes halogenated alkanes) is 8. The molecular weight excluding hydrogens is 400 g/mol. The van der Waals surface area contributed by atoms with Crippen LogP contribution in [-0.4, -0.2) is 25.2 Å². The molecule has 0 aliphatic heterocycles. The molecule has 0 atom stereocenters. The SMILES string of the molecule is [2H]c1c([2H])c([2H])c(C(=O)OCCCCCCCC(C)C)c(C(=O)OCCCCCCCC(C)C)c1[2H]. The molecule has 4 nitrogen and oxygen atoms in total. The summed E-state index contributed by atoms with van der Waals surface area (Å²) < 4.78 is 42.7. The first-order valence-electron chi connectivity index (χ1n) is 14.5. The second kappa shape index (κ2) is 17.7. The van der Waals surface area contributed by atoms with E-state index in [1.807, 2.05) is 0 Å². The third-order valence-electron chi connectivity index (χ3n) is 5.41. The smallest absolute Gasteiger partial charge is 0.339 e. The van der Waals surface area contributed by atoms with Crippen molar-refractivity contribution in [3.63, 3.8) is 0 Å². The van der Waals surface area contributed by atoms with Crippen molar-refractivity contribution in [3.8, 4) is 0 Å². The molecule has 32 heavy (non-hydrogen) atoms. The minimum absolute atomic E-state index is 0.136. The number of hydrogen-bond donors (Lipinski definition) is 0. The molecule has 1 aromatic rings. The summed E-state index contributed by atoms with van der Waals surface area (Å²) in [5.41, 5.74) is -0.895. The third kappa shape index (κ3) is 13.5. The van der Waals surface area contributed by atoms with Crippen molar-refractivity contribution < 1.29 is 24.5 Å². The Hall–Kier alpha value is -1.84. The van der Waals surface area contributed by atoms with Crippen LogP contribution in [0.1, 0.15) is 131 Å². The maximum Gasteiger partial charge on any atom is 0.339 e. The summed E-state index contributed by atoms with van der Waals surface area (Å²) in [4.78, 5) is 25.5. The molecule has 0 bridgehead atoms. The summed E-state index contributed by atoms with van der Waals surface area (Å²) in [7, 11) is 0. The average molecular weight is 451 g/mol. The monoisotopic (exact) mass is 450 g/mol. The van der Waals surface area contributed by atoms with Gasteiger partial charge in [-0.25, -0.2) is 9.59 Å². The summed E-state index contributed by atoms with van der Waals surface area (Å²) in [6.07, 6.45) is 12.3. The van der Waals surface area contributed by atoms with Crippen molar-refractivity contribution in [2.45, 2.75) is 105 Å². The number of ether oxygens (including phenoxy) is 2. The van der Waals surface area contributed by atoms with Crippen molar-refractivity contribution in [2.24, 2.45) is 11.8 Å². The van der Waals surface area contributed by atoms with E-state index in [2.05, 4.69) is 27.7 Å². The van der Waals surface area contributed by atoms with Gasteiger partial charge in [0.15, 0.2) is 0 Å². The van der Waals surface area contributed by atoms with Crippen molar-refractivity contribution >= 4 is 11.9 Å². The van der Waals surface area contributed by atoms with Gasteiger partial charge in [-0.3, -0.25) is 0 Å². The molecule has 0 unspecified atom stereocenters. The number of carbonyl (C=O) groups excluding carboxylic acids is 2. The fourth-order valence-electron chi connectivity index (χ4n) is 3.46. The summed E-state index contributed by atoms with van der Waals surface area (Å²) >= 11 is 0. The number of esters is 2. The van der Waals surface area contributed by atoms with Crippen LogP contribution >= 0.6 is 0 Å². The summed E-state index contributed by atoms with van der Waals surface area (Å²) in [6, 6.07) is -2.30. The van der Waals surface area contributed by atoms with Crippen LogP contribution in [-0.2, 0) is 9.47 Å². The number of carbonyl (C=O) groups is 2. The highest BCUT2D eigenvalue weighted by molar-refractivity contribution is 6.03. The Balaban J connectivity index is 2.65. The highest BCUT2D eigenvalue weighted by Gasteiger charge is 2.18. The Kier molecular flexibility index (Phi) is 12.1. The summed E-state index contributed by atoms with van der Waals surface area (Å²) in [6.45, 7) is 9.10. The highest BCUT2D eigenvalue weighted by Crippen LogP contribution is 2.15. The Morgan fingerprint density at radius 1 is 0.656 bits per heavy atom. The number of benzene rings is 1. The van der Waals surface area contributed by atoms with Crippen molar-refractivity contribution in [1.82, 2.24) is 0 Å². The van der Waals surface area contributed by atoms with E-state index in [0.717, 1.165) is 38.5 Å². The van der Waals surface area contributed by atoms with E-state index in [9.17, 15) is 9.59 Å². The molecule has 0 saturated carbocycles. The standard InChI is InChI=1S/C28H46O4/c1-23(2)17-11-7-5-9-15-21-31-27(29)25-19-13-14-20-26(25)28(30)32-22-16-10-6-8-12-18-24(3)4/h13-14,19-20,23-24H,5-12,15-18,21-22H2,1-4H3/i13D,14D,19D,20D. The van der Waals surface area contributed by atoms with Crippen LogP contribution < -0.4 is 0 Å². The first kappa shape index (κ1) is 22.0. The van der Waals surface area contributed by atoms with Gasteiger partial charge < -0.3 is 9.47 Å². The molecule has 0 radical (unpaired) electrons. The molecule has 4 heteroatoms. The molecular formula is C28H46O4. The first-order chi connectivity index (χ1) is 17.1. The lowest BCUT2D eigenvalue weighted by molar-refractivity contribution is 0.0450. The Labute approximate surface area is 202 Å². The van der Waals surface area contributed by atoms with Gasteiger partial charge in [-0.05, 0) is 36.8 Å².